The molecule has 2 heterocycles. The lowest BCUT2D eigenvalue weighted by Gasteiger charge is -2.46. The van der Waals surface area contributed by atoms with E-state index >= 15 is 0 Å². The number of morpholine rings is 2. The van der Waals surface area contributed by atoms with Gasteiger partial charge in [0, 0.05) is 23.2 Å². The molecule has 2 aliphatic heterocycles. The van der Waals surface area contributed by atoms with E-state index in [4.69, 9.17) is 9.47 Å². The molecule has 1 amide bonds. The second kappa shape index (κ2) is 6.32. The van der Waals surface area contributed by atoms with Gasteiger partial charge in [-0.1, -0.05) is 15.9 Å². The van der Waals surface area contributed by atoms with Gasteiger partial charge in [0.2, 0.25) is 0 Å². The fourth-order valence-corrected chi connectivity index (χ4v) is 3.29. The third-order valence-corrected chi connectivity index (χ3v) is 4.45. The van der Waals surface area contributed by atoms with Crippen molar-refractivity contribution in [3.05, 3.63) is 28.7 Å². The molecule has 2 bridgehead atoms. The number of hydrogen-bond acceptors (Lipinski definition) is 4. The third-order valence-electron chi connectivity index (χ3n) is 3.92. The topological polar surface area (TPSA) is 42.0 Å². The maximum atomic E-state index is 12.3. The molecule has 0 aromatic heterocycles. The summed E-state index contributed by atoms with van der Waals surface area (Å²) in [6, 6.07) is 8.31. The quantitative estimate of drug-likeness (QED) is 0.747. The monoisotopic (exact) mass is 382 g/mol. The average Bonchev–Trinajstić information content (AvgIpc) is 2.45. The predicted molar refractivity (Wildman–Crippen MR) is 92.8 cm³/mol. The summed E-state index contributed by atoms with van der Waals surface area (Å²) in [4.78, 5) is 16.4. The summed E-state index contributed by atoms with van der Waals surface area (Å²) in [6.45, 7) is 8.41. The minimum absolute atomic E-state index is 0.0265. The Labute approximate surface area is 145 Å². The zero-order valence-corrected chi connectivity index (χ0v) is 15.4. The molecule has 2 fully saturated rings. The van der Waals surface area contributed by atoms with Crippen LogP contribution in [0.1, 0.15) is 20.8 Å². The number of carbonyl (C=O) groups is 1. The number of anilines is 1. The maximum absolute atomic E-state index is 12.3. The largest absolute Gasteiger partial charge is 0.444 e. The number of hydrogen-bond donors (Lipinski definition) is 0. The molecule has 6 heteroatoms. The number of carbonyl (C=O) groups excluding carboxylic acids is 1. The molecule has 2 aliphatic rings. The Bertz CT molecular complexity index is 556. The fourth-order valence-electron chi connectivity index (χ4n) is 3.03. The lowest BCUT2D eigenvalue weighted by atomic mass is 10.1. The van der Waals surface area contributed by atoms with Crippen LogP contribution in [0.3, 0.4) is 0 Å². The van der Waals surface area contributed by atoms with Gasteiger partial charge in [0.25, 0.3) is 0 Å². The second-order valence-corrected chi connectivity index (χ2v) is 8.06. The molecule has 0 N–H and O–H groups in total. The Morgan fingerprint density at radius 1 is 1.13 bits per heavy atom. The van der Waals surface area contributed by atoms with Crippen molar-refractivity contribution in [2.45, 2.75) is 38.6 Å². The van der Waals surface area contributed by atoms with E-state index in [-0.39, 0.29) is 18.3 Å². The van der Waals surface area contributed by atoms with Crippen LogP contribution in [-0.4, -0.2) is 55.0 Å². The molecular formula is C17H23BrN2O3. The van der Waals surface area contributed by atoms with Gasteiger partial charge in [-0.2, -0.15) is 0 Å². The molecule has 0 saturated carbocycles. The van der Waals surface area contributed by atoms with Crippen molar-refractivity contribution < 1.29 is 14.3 Å². The molecule has 126 valence electrons. The number of ether oxygens (including phenoxy) is 2. The van der Waals surface area contributed by atoms with Gasteiger partial charge in [0.15, 0.2) is 0 Å². The molecular weight excluding hydrogens is 360 g/mol. The van der Waals surface area contributed by atoms with Crippen molar-refractivity contribution in [3.63, 3.8) is 0 Å². The molecule has 2 unspecified atom stereocenters. The molecule has 0 radical (unpaired) electrons. The number of benzene rings is 1. The smallest absolute Gasteiger partial charge is 0.410 e. The number of fused-ring (bicyclic) bond motifs is 2. The first-order valence-corrected chi connectivity index (χ1v) is 8.73. The Morgan fingerprint density at radius 2 is 1.70 bits per heavy atom. The van der Waals surface area contributed by atoms with Gasteiger partial charge < -0.3 is 19.3 Å². The highest BCUT2D eigenvalue weighted by atomic mass is 79.9. The number of rotatable bonds is 1. The van der Waals surface area contributed by atoms with Crippen molar-refractivity contribution in [1.82, 2.24) is 4.90 Å². The van der Waals surface area contributed by atoms with Gasteiger partial charge in [0.1, 0.15) is 5.60 Å². The molecule has 23 heavy (non-hydrogen) atoms. The van der Waals surface area contributed by atoms with Gasteiger partial charge in [-0.25, -0.2) is 4.79 Å². The third kappa shape index (κ3) is 4.18. The first kappa shape index (κ1) is 16.6. The SMILES string of the molecule is CC(C)(C)OC(=O)N1CC2CN(c3ccc(Br)cc3)CC(C1)O2. The van der Waals surface area contributed by atoms with E-state index < -0.39 is 5.60 Å². The lowest BCUT2D eigenvalue weighted by molar-refractivity contribution is -0.0949. The van der Waals surface area contributed by atoms with Crippen LogP contribution in [0.5, 0.6) is 0 Å². The highest BCUT2D eigenvalue weighted by molar-refractivity contribution is 9.10. The summed E-state index contributed by atoms with van der Waals surface area (Å²) < 4.78 is 12.6. The van der Waals surface area contributed by atoms with Crippen LogP contribution in [-0.2, 0) is 9.47 Å². The molecule has 5 nitrogen and oxygen atoms in total. The van der Waals surface area contributed by atoms with Crippen LogP contribution in [0.15, 0.2) is 28.7 Å². The van der Waals surface area contributed by atoms with Crippen molar-refractivity contribution in [2.75, 3.05) is 31.1 Å². The summed E-state index contributed by atoms with van der Waals surface area (Å²) >= 11 is 3.46. The van der Waals surface area contributed by atoms with Crippen LogP contribution in [0.2, 0.25) is 0 Å². The summed E-state index contributed by atoms with van der Waals surface area (Å²) in [5, 5.41) is 0. The van der Waals surface area contributed by atoms with Crippen LogP contribution < -0.4 is 4.90 Å². The molecule has 1 aromatic rings. The minimum atomic E-state index is -0.464. The first-order valence-electron chi connectivity index (χ1n) is 7.94. The highest BCUT2D eigenvalue weighted by Crippen LogP contribution is 2.26. The molecule has 0 spiro atoms. The number of nitrogens with zero attached hydrogens (tertiary/aromatic N) is 2. The maximum Gasteiger partial charge on any atom is 0.410 e. The molecule has 2 saturated heterocycles. The van der Waals surface area contributed by atoms with E-state index in [1.54, 1.807) is 4.90 Å². The Hall–Kier alpha value is -1.27. The van der Waals surface area contributed by atoms with E-state index in [0.29, 0.717) is 13.1 Å². The molecule has 0 aliphatic carbocycles. The highest BCUT2D eigenvalue weighted by Gasteiger charge is 2.38. The first-order chi connectivity index (χ1) is 10.8. The van der Waals surface area contributed by atoms with E-state index in [2.05, 4.69) is 33.0 Å². The van der Waals surface area contributed by atoms with Gasteiger partial charge in [0.05, 0.1) is 25.3 Å². The van der Waals surface area contributed by atoms with Gasteiger partial charge in [-0.15, -0.1) is 0 Å². The zero-order valence-electron chi connectivity index (χ0n) is 13.8. The van der Waals surface area contributed by atoms with Crippen molar-refractivity contribution in [1.29, 1.82) is 0 Å². The number of halogens is 1. The second-order valence-electron chi connectivity index (χ2n) is 7.15. The predicted octanol–water partition coefficient (Wildman–Crippen LogP) is 3.27. The van der Waals surface area contributed by atoms with E-state index in [1.807, 2.05) is 32.9 Å². The lowest BCUT2D eigenvalue weighted by Crippen LogP contribution is -2.61. The van der Waals surface area contributed by atoms with E-state index in [0.717, 1.165) is 17.6 Å². The summed E-state index contributed by atoms with van der Waals surface area (Å²) in [7, 11) is 0. The average molecular weight is 383 g/mol. The minimum Gasteiger partial charge on any atom is -0.444 e. The van der Waals surface area contributed by atoms with Crippen LogP contribution in [0, 0.1) is 0 Å². The normalized spacial score (nSPS) is 24.5. The summed E-state index contributed by atoms with van der Waals surface area (Å²) in [5.74, 6) is 0. The van der Waals surface area contributed by atoms with Gasteiger partial charge in [-0.3, -0.25) is 0 Å². The Kier molecular flexibility index (Phi) is 4.56. The summed E-state index contributed by atoms with van der Waals surface area (Å²) in [6.07, 6.45) is -0.190. The molecule has 1 aromatic carbocycles. The number of amides is 1. The van der Waals surface area contributed by atoms with Crippen LogP contribution in [0.25, 0.3) is 0 Å². The Morgan fingerprint density at radius 3 is 2.22 bits per heavy atom. The summed E-state index contributed by atoms with van der Waals surface area (Å²) in [5.41, 5.74) is 0.728. The van der Waals surface area contributed by atoms with Crippen LogP contribution in [0.4, 0.5) is 10.5 Å². The van der Waals surface area contributed by atoms with Gasteiger partial charge >= 0.3 is 6.09 Å². The molecule has 3 rings (SSSR count). The zero-order chi connectivity index (χ0) is 16.6. The van der Waals surface area contributed by atoms with Crippen molar-refractivity contribution in [2.24, 2.45) is 0 Å². The molecule has 2 atom stereocenters. The van der Waals surface area contributed by atoms with E-state index in [1.165, 1.54) is 5.69 Å². The fraction of sp³-hybridized carbons (Fsp3) is 0.588. The van der Waals surface area contributed by atoms with Crippen LogP contribution >= 0.6 is 15.9 Å². The standard InChI is InChI=1S/C17H23BrN2O3/c1-17(2,3)23-16(21)20-10-14-8-19(9-15(11-20)22-14)13-6-4-12(18)5-7-13/h4-7,14-15H,8-11H2,1-3H3. The van der Waals surface area contributed by atoms with Gasteiger partial charge in [-0.05, 0) is 45.0 Å². The van der Waals surface area contributed by atoms with Crippen molar-refractivity contribution >= 4 is 27.7 Å². The van der Waals surface area contributed by atoms with Crippen molar-refractivity contribution in [3.8, 4) is 0 Å². The Balaban J connectivity index is 1.64. The van der Waals surface area contributed by atoms with E-state index in [9.17, 15) is 4.79 Å².